The van der Waals surface area contributed by atoms with E-state index in [2.05, 4.69) is 10.6 Å². The Bertz CT molecular complexity index is 311. The first-order valence-electron chi connectivity index (χ1n) is 5.44. The summed E-state index contributed by atoms with van der Waals surface area (Å²) in [5.74, 6) is -1.18. The number of primary amides is 1. The van der Waals surface area contributed by atoms with Gasteiger partial charge in [-0.25, -0.2) is 9.59 Å². The van der Waals surface area contributed by atoms with Gasteiger partial charge in [-0.1, -0.05) is 0 Å². The second-order valence-electron chi connectivity index (χ2n) is 3.86. The zero-order valence-electron chi connectivity index (χ0n) is 10.4. The van der Waals surface area contributed by atoms with Crippen LogP contribution in [0.25, 0.3) is 0 Å². The van der Waals surface area contributed by atoms with Gasteiger partial charge in [-0.15, -0.1) is 0 Å². The molecule has 0 aromatic rings. The third-order valence-electron chi connectivity index (χ3n) is 2.14. The molecular formula is C10H19N3O4S. The SMILES string of the molecule is CSCCC(C)NC(=O)N[C@@H](CC(N)=O)C(=O)O. The largest absolute Gasteiger partial charge is 0.480 e. The van der Waals surface area contributed by atoms with Crippen molar-refractivity contribution in [2.24, 2.45) is 5.73 Å². The van der Waals surface area contributed by atoms with Crippen molar-refractivity contribution in [1.82, 2.24) is 10.6 Å². The Morgan fingerprint density at radius 1 is 1.33 bits per heavy atom. The first kappa shape index (κ1) is 16.6. The molecule has 3 amide bonds. The summed E-state index contributed by atoms with van der Waals surface area (Å²) in [7, 11) is 0. The van der Waals surface area contributed by atoms with Crippen molar-refractivity contribution in [2.45, 2.75) is 31.8 Å². The number of hydrogen-bond donors (Lipinski definition) is 4. The topological polar surface area (TPSA) is 122 Å². The van der Waals surface area contributed by atoms with E-state index in [1.54, 1.807) is 11.8 Å². The van der Waals surface area contributed by atoms with E-state index in [1.165, 1.54) is 0 Å². The molecule has 5 N–H and O–H groups in total. The van der Waals surface area contributed by atoms with Crippen LogP contribution in [-0.4, -0.2) is 47.1 Å². The fraction of sp³-hybridized carbons (Fsp3) is 0.700. The number of carboxylic acids is 1. The molecule has 0 saturated carbocycles. The number of amides is 3. The minimum absolute atomic E-state index is 0.0690. The molecule has 1 unspecified atom stereocenters. The predicted molar refractivity (Wildman–Crippen MR) is 69.4 cm³/mol. The standard InChI is InChI=1S/C10H19N3O4S/c1-6(3-4-18-2)12-10(17)13-7(9(15)16)5-8(11)14/h6-7H,3-5H2,1-2H3,(H2,11,14)(H,15,16)(H2,12,13,17)/t6?,7-/m0/s1. The summed E-state index contributed by atoms with van der Waals surface area (Å²) < 4.78 is 0. The number of aliphatic carboxylic acids is 1. The van der Waals surface area contributed by atoms with Gasteiger partial charge >= 0.3 is 12.0 Å². The highest BCUT2D eigenvalue weighted by atomic mass is 32.2. The van der Waals surface area contributed by atoms with Crippen LogP contribution < -0.4 is 16.4 Å². The van der Waals surface area contributed by atoms with Crippen LogP contribution in [0.4, 0.5) is 4.79 Å². The Hall–Kier alpha value is -1.44. The van der Waals surface area contributed by atoms with Crippen molar-refractivity contribution < 1.29 is 19.5 Å². The van der Waals surface area contributed by atoms with E-state index < -0.39 is 30.4 Å². The smallest absolute Gasteiger partial charge is 0.326 e. The van der Waals surface area contributed by atoms with Gasteiger partial charge in [-0.2, -0.15) is 11.8 Å². The van der Waals surface area contributed by atoms with Gasteiger partial charge in [0.15, 0.2) is 0 Å². The molecule has 0 spiro atoms. The van der Waals surface area contributed by atoms with Crippen molar-refractivity contribution in [3.05, 3.63) is 0 Å². The number of carbonyl (C=O) groups is 3. The molecule has 8 heteroatoms. The van der Waals surface area contributed by atoms with Gasteiger partial charge in [0, 0.05) is 6.04 Å². The molecule has 0 bridgehead atoms. The molecule has 0 rings (SSSR count). The van der Waals surface area contributed by atoms with Gasteiger partial charge in [0.05, 0.1) is 6.42 Å². The second kappa shape index (κ2) is 8.62. The number of hydrogen-bond acceptors (Lipinski definition) is 4. The molecule has 0 heterocycles. The molecule has 0 radical (unpaired) electrons. The van der Waals surface area contributed by atoms with Crippen LogP contribution in [0.2, 0.25) is 0 Å². The maximum absolute atomic E-state index is 11.5. The average molecular weight is 277 g/mol. The third-order valence-corrected chi connectivity index (χ3v) is 2.79. The maximum atomic E-state index is 11.5. The van der Waals surface area contributed by atoms with Crippen LogP contribution >= 0.6 is 11.8 Å². The molecule has 0 fully saturated rings. The number of nitrogens with one attached hydrogen (secondary N) is 2. The van der Waals surface area contributed by atoms with Gasteiger partial charge in [0.1, 0.15) is 6.04 Å². The molecule has 0 aromatic carbocycles. The fourth-order valence-electron chi connectivity index (χ4n) is 1.19. The van der Waals surface area contributed by atoms with Gasteiger partial charge < -0.3 is 21.5 Å². The van der Waals surface area contributed by atoms with Gasteiger partial charge in [0.25, 0.3) is 0 Å². The minimum Gasteiger partial charge on any atom is -0.480 e. The van der Waals surface area contributed by atoms with Crippen LogP contribution in [-0.2, 0) is 9.59 Å². The quantitative estimate of drug-likeness (QED) is 0.487. The number of rotatable bonds is 8. The summed E-state index contributed by atoms with van der Waals surface area (Å²) in [4.78, 5) is 32.9. The molecule has 0 aliphatic carbocycles. The molecule has 18 heavy (non-hydrogen) atoms. The van der Waals surface area contributed by atoms with Crippen LogP contribution in [0.3, 0.4) is 0 Å². The Labute approximate surface area is 110 Å². The van der Waals surface area contributed by atoms with E-state index in [0.717, 1.165) is 12.2 Å². The van der Waals surface area contributed by atoms with Crippen LogP contribution in [0, 0.1) is 0 Å². The van der Waals surface area contributed by atoms with Gasteiger partial charge in [0.2, 0.25) is 5.91 Å². The molecular weight excluding hydrogens is 258 g/mol. The van der Waals surface area contributed by atoms with Crippen molar-refractivity contribution >= 4 is 29.7 Å². The lowest BCUT2D eigenvalue weighted by atomic mass is 10.2. The minimum atomic E-state index is -1.30. The summed E-state index contributed by atoms with van der Waals surface area (Å²) in [6.07, 6.45) is 2.31. The molecule has 104 valence electrons. The van der Waals surface area contributed by atoms with Crippen molar-refractivity contribution in [3.63, 3.8) is 0 Å². The monoisotopic (exact) mass is 277 g/mol. The molecule has 7 nitrogen and oxygen atoms in total. The zero-order valence-corrected chi connectivity index (χ0v) is 11.3. The van der Waals surface area contributed by atoms with E-state index in [9.17, 15) is 14.4 Å². The summed E-state index contributed by atoms with van der Waals surface area (Å²) in [6, 6.07) is -1.98. The second-order valence-corrected chi connectivity index (χ2v) is 4.85. The number of thioether (sulfide) groups is 1. The summed E-state index contributed by atoms with van der Waals surface area (Å²) in [5.41, 5.74) is 4.90. The zero-order chi connectivity index (χ0) is 14.1. The normalized spacial score (nSPS) is 13.4. The van der Waals surface area contributed by atoms with E-state index in [0.29, 0.717) is 0 Å². The first-order valence-corrected chi connectivity index (χ1v) is 6.83. The van der Waals surface area contributed by atoms with E-state index in [4.69, 9.17) is 10.8 Å². The number of carboxylic acid groups (broad SMARTS) is 1. The Balaban J connectivity index is 4.17. The highest BCUT2D eigenvalue weighted by molar-refractivity contribution is 7.98. The molecule has 0 aliphatic rings. The van der Waals surface area contributed by atoms with Gasteiger partial charge in [-0.3, -0.25) is 4.79 Å². The Morgan fingerprint density at radius 2 is 1.94 bits per heavy atom. The molecule has 2 atom stereocenters. The third kappa shape index (κ3) is 7.77. The highest BCUT2D eigenvalue weighted by Crippen LogP contribution is 2.00. The predicted octanol–water partition coefficient (Wildman–Crippen LogP) is -0.244. The van der Waals surface area contributed by atoms with E-state index >= 15 is 0 Å². The van der Waals surface area contributed by atoms with E-state index in [1.807, 2.05) is 13.2 Å². The lowest BCUT2D eigenvalue weighted by Gasteiger charge is -2.17. The number of nitrogens with two attached hydrogens (primary N) is 1. The van der Waals surface area contributed by atoms with Crippen molar-refractivity contribution in [1.29, 1.82) is 0 Å². The fourth-order valence-corrected chi connectivity index (χ4v) is 1.78. The van der Waals surface area contributed by atoms with E-state index in [-0.39, 0.29) is 6.04 Å². The molecule has 0 aromatic heterocycles. The Morgan fingerprint density at radius 3 is 2.39 bits per heavy atom. The van der Waals surface area contributed by atoms with Crippen molar-refractivity contribution in [2.75, 3.05) is 12.0 Å². The Kier molecular flexibility index (Phi) is 7.93. The molecule has 0 saturated heterocycles. The molecule has 0 aliphatic heterocycles. The number of urea groups is 1. The average Bonchev–Trinajstić information content (AvgIpc) is 2.24. The highest BCUT2D eigenvalue weighted by Gasteiger charge is 2.22. The van der Waals surface area contributed by atoms with Crippen LogP contribution in [0.1, 0.15) is 19.8 Å². The lowest BCUT2D eigenvalue weighted by molar-refractivity contribution is -0.140. The van der Waals surface area contributed by atoms with Gasteiger partial charge in [-0.05, 0) is 25.4 Å². The van der Waals surface area contributed by atoms with Crippen molar-refractivity contribution in [3.8, 4) is 0 Å². The summed E-state index contributed by atoms with van der Waals surface area (Å²) >= 11 is 1.66. The number of carbonyl (C=O) groups excluding carboxylic acids is 2. The summed E-state index contributed by atoms with van der Waals surface area (Å²) in [5, 5.41) is 13.6. The maximum Gasteiger partial charge on any atom is 0.326 e. The van der Waals surface area contributed by atoms with Crippen LogP contribution in [0.15, 0.2) is 0 Å². The lowest BCUT2D eigenvalue weighted by Crippen LogP contribution is -2.49. The first-order chi connectivity index (χ1) is 8.36. The summed E-state index contributed by atoms with van der Waals surface area (Å²) in [6.45, 7) is 1.82. The van der Waals surface area contributed by atoms with Crippen LogP contribution in [0.5, 0.6) is 0 Å².